The summed E-state index contributed by atoms with van der Waals surface area (Å²) in [6, 6.07) is 9.04. The number of hydrogen-bond acceptors (Lipinski definition) is 5. The van der Waals surface area contributed by atoms with E-state index >= 15 is 0 Å². The summed E-state index contributed by atoms with van der Waals surface area (Å²) in [5.41, 5.74) is 0. The molecule has 3 rings (SSSR count). The molecule has 10 heteroatoms. The molecule has 146 valence electrons. The van der Waals surface area contributed by atoms with Crippen LogP contribution in [0.5, 0.6) is 5.75 Å². The number of benzene rings is 1. The standard InChI is InChI=1S/C17H18ClFN2O4S2/c18-15-5-6-17(26-15)27(23,24)21-10-8-20(9-11-21)16(22)7-12-25-14-4-2-1-3-13(14)19/h1-6H,7-12H2. The lowest BCUT2D eigenvalue weighted by Crippen LogP contribution is -2.50. The van der Waals surface area contributed by atoms with Crippen molar-refractivity contribution in [2.45, 2.75) is 10.6 Å². The van der Waals surface area contributed by atoms with Crippen LogP contribution in [0.25, 0.3) is 0 Å². The Labute approximate surface area is 166 Å². The second-order valence-corrected chi connectivity index (χ2v) is 9.75. The minimum atomic E-state index is -3.58. The number of hydrogen-bond donors (Lipinski definition) is 0. The monoisotopic (exact) mass is 432 g/mol. The molecule has 0 unspecified atom stereocenters. The molecule has 1 aliphatic heterocycles. The lowest BCUT2D eigenvalue weighted by molar-refractivity contribution is -0.132. The van der Waals surface area contributed by atoms with Crippen molar-refractivity contribution in [3.05, 3.63) is 46.6 Å². The molecule has 0 radical (unpaired) electrons. The van der Waals surface area contributed by atoms with E-state index in [2.05, 4.69) is 0 Å². The van der Waals surface area contributed by atoms with Crippen molar-refractivity contribution in [1.29, 1.82) is 0 Å². The number of carbonyl (C=O) groups excluding carboxylic acids is 1. The smallest absolute Gasteiger partial charge is 0.252 e. The summed E-state index contributed by atoms with van der Waals surface area (Å²) < 4.78 is 45.9. The number of nitrogens with zero attached hydrogens (tertiary/aromatic N) is 2. The first kappa shape index (κ1) is 20.1. The van der Waals surface area contributed by atoms with Crippen LogP contribution in [0.1, 0.15) is 6.42 Å². The molecular weight excluding hydrogens is 415 g/mol. The molecule has 1 fully saturated rings. The van der Waals surface area contributed by atoms with Gasteiger partial charge >= 0.3 is 0 Å². The minimum Gasteiger partial charge on any atom is -0.490 e. The number of para-hydroxylation sites is 1. The van der Waals surface area contributed by atoms with Crippen molar-refractivity contribution in [2.24, 2.45) is 0 Å². The molecule has 2 aromatic rings. The van der Waals surface area contributed by atoms with E-state index in [9.17, 15) is 17.6 Å². The summed E-state index contributed by atoms with van der Waals surface area (Å²) in [6.45, 7) is 1.11. The number of thiophene rings is 1. The van der Waals surface area contributed by atoms with Crippen LogP contribution in [0.3, 0.4) is 0 Å². The van der Waals surface area contributed by atoms with Gasteiger partial charge in [0.05, 0.1) is 17.4 Å². The topological polar surface area (TPSA) is 66.9 Å². The second-order valence-electron chi connectivity index (χ2n) is 5.87. The van der Waals surface area contributed by atoms with Crippen LogP contribution in [0.2, 0.25) is 4.34 Å². The van der Waals surface area contributed by atoms with Gasteiger partial charge in [-0.3, -0.25) is 4.79 Å². The Kier molecular flexibility index (Phi) is 6.36. The highest BCUT2D eigenvalue weighted by atomic mass is 35.5. The summed E-state index contributed by atoms with van der Waals surface area (Å²) >= 11 is 6.83. The third-order valence-corrected chi connectivity index (χ3v) is 7.74. The van der Waals surface area contributed by atoms with Crippen LogP contribution < -0.4 is 4.74 Å². The number of carbonyl (C=O) groups is 1. The molecule has 1 aromatic carbocycles. The fourth-order valence-electron chi connectivity index (χ4n) is 2.71. The molecule has 1 aromatic heterocycles. The van der Waals surface area contributed by atoms with E-state index in [1.54, 1.807) is 23.1 Å². The van der Waals surface area contributed by atoms with Gasteiger partial charge in [0.25, 0.3) is 10.0 Å². The Morgan fingerprint density at radius 2 is 1.85 bits per heavy atom. The van der Waals surface area contributed by atoms with Crippen molar-refractivity contribution in [1.82, 2.24) is 9.21 Å². The maximum absolute atomic E-state index is 13.5. The summed E-state index contributed by atoms with van der Waals surface area (Å²) in [5, 5.41) is 0. The first-order valence-corrected chi connectivity index (χ1v) is 10.9. The number of halogens is 2. The summed E-state index contributed by atoms with van der Waals surface area (Å²) in [4.78, 5) is 13.9. The van der Waals surface area contributed by atoms with E-state index < -0.39 is 15.8 Å². The molecule has 2 heterocycles. The highest BCUT2D eigenvalue weighted by molar-refractivity contribution is 7.91. The Hall–Kier alpha value is -1.68. The predicted octanol–water partition coefficient (Wildman–Crippen LogP) is 2.84. The van der Waals surface area contributed by atoms with E-state index in [1.165, 1.54) is 22.5 Å². The molecule has 27 heavy (non-hydrogen) atoms. The van der Waals surface area contributed by atoms with E-state index in [-0.39, 0.29) is 42.0 Å². The van der Waals surface area contributed by atoms with Gasteiger partial charge in [0, 0.05) is 26.2 Å². The van der Waals surface area contributed by atoms with Crippen LogP contribution >= 0.6 is 22.9 Å². The third-order valence-electron chi connectivity index (χ3n) is 4.14. The molecule has 0 bridgehead atoms. The molecule has 1 amide bonds. The van der Waals surface area contributed by atoms with Gasteiger partial charge in [-0.1, -0.05) is 23.7 Å². The quantitative estimate of drug-likeness (QED) is 0.704. The van der Waals surface area contributed by atoms with Crippen LogP contribution in [0, 0.1) is 5.82 Å². The number of rotatable bonds is 6. The third kappa shape index (κ3) is 4.78. The molecule has 1 saturated heterocycles. The number of ether oxygens (including phenoxy) is 1. The molecule has 0 saturated carbocycles. The highest BCUT2D eigenvalue weighted by Crippen LogP contribution is 2.28. The van der Waals surface area contributed by atoms with Crippen molar-refractivity contribution in [2.75, 3.05) is 32.8 Å². The van der Waals surface area contributed by atoms with Crippen molar-refractivity contribution in [3.8, 4) is 5.75 Å². The van der Waals surface area contributed by atoms with Gasteiger partial charge in [0.2, 0.25) is 5.91 Å². The first-order valence-electron chi connectivity index (χ1n) is 8.28. The molecule has 0 N–H and O–H groups in total. The van der Waals surface area contributed by atoms with Crippen molar-refractivity contribution >= 4 is 38.9 Å². The number of amides is 1. The van der Waals surface area contributed by atoms with Gasteiger partial charge in [-0.2, -0.15) is 4.31 Å². The lowest BCUT2D eigenvalue weighted by Gasteiger charge is -2.33. The van der Waals surface area contributed by atoms with Gasteiger partial charge in [-0.15, -0.1) is 11.3 Å². The van der Waals surface area contributed by atoms with Crippen molar-refractivity contribution < 1.29 is 22.3 Å². The Morgan fingerprint density at radius 3 is 2.48 bits per heavy atom. The van der Waals surface area contributed by atoms with E-state index in [4.69, 9.17) is 16.3 Å². The fraction of sp³-hybridized carbons (Fsp3) is 0.353. The van der Waals surface area contributed by atoms with Gasteiger partial charge in [-0.05, 0) is 24.3 Å². The normalized spacial score (nSPS) is 15.7. The average Bonchev–Trinajstić information content (AvgIpc) is 3.10. The molecule has 1 aliphatic rings. The zero-order valence-electron chi connectivity index (χ0n) is 14.3. The summed E-state index contributed by atoms with van der Waals surface area (Å²) in [7, 11) is -3.58. The van der Waals surface area contributed by atoms with Crippen LogP contribution in [0.4, 0.5) is 4.39 Å². The van der Waals surface area contributed by atoms with Gasteiger partial charge < -0.3 is 9.64 Å². The zero-order chi connectivity index (χ0) is 19.4. The first-order chi connectivity index (χ1) is 12.9. The van der Waals surface area contributed by atoms with E-state index in [0.717, 1.165) is 11.3 Å². The van der Waals surface area contributed by atoms with Gasteiger partial charge in [-0.25, -0.2) is 12.8 Å². The Bertz CT molecular complexity index is 911. The maximum Gasteiger partial charge on any atom is 0.252 e. The van der Waals surface area contributed by atoms with Crippen LogP contribution in [0.15, 0.2) is 40.6 Å². The molecule has 6 nitrogen and oxygen atoms in total. The molecular formula is C17H18ClFN2O4S2. The Morgan fingerprint density at radius 1 is 1.15 bits per heavy atom. The number of sulfonamides is 1. The van der Waals surface area contributed by atoms with E-state index in [0.29, 0.717) is 17.4 Å². The van der Waals surface area contributed by atoms with Gasteiger partial charge in [0.15, 0.2) is 11.6 Å². The lowest BCUT2D eigenvalue weighted by atomic mass is 10.3. The summed E-state index contributed by atoms with van der Waals surface area (Å²) in [6.07, 6.45) is 0.0988. The fourth-order valence-corrected chi connectivity index (χ4v) is 5.77. The molecule has 0 aliphatic carbocycles. The zero-order valence-corrected chi connectivity index (χ0v) is 16.7. The van der Waals surface area contributed by atoms with Crippen molar-refractivity contribution in [3.63, 3.8) is 0 Å². The van der Waals surface area contributed by atoms with E-state index in [1.807, 2.05) is 0 Å². The van der Waals surface area contributed by atoms with Crippen LogP contribution in [-0.4, -0.2) is 56.3 Å². The minimum absolute atomic E-state index is 0.0615. The Balaban J connectivity index is 1.48. The maximum atomic E-state index is 13.5. The number of piperazine rings is 1. The summed E-state index contributed by atoms with van der Waals surface area (Å²) in [5.74, 6) is -0.518. The van der Waals surface area contributed by atoms with Gasteiger partial charge in [0.1, 0.15) is 4.21 Å². The molecule has 0 spiro atoms. The average molecular weight is 433 g/mol. The highest BCUT2D eigenvalue weighted by Gasteiger charge is 2.31. The SMILES string of the molecule is O=C(CCOc1ccccc1F)N1CCN(S(=O)(=O)c2ccc(Cl)s2)CC1. The second kappa shape index (κ2) is 8.55. The predicted molar refractivity (Wildman–Crippen MR) is 101 cm³/mol. The van der Waals surface area contributed by atoms with Crippen LogP contribution in [-0.2, 0) is 14.8 Å². The molecule has 0 atom stereocenters. The largest absolute Gasteiger partial charge is 0.490 e.